The van der Waals surface area contributed by atoms with E-state index in [2.05, 4.69) is 13.8 Å². The van der Waals surface area contributed by atoms with E-state index in [1.165, 1.54) is 0 Å². The molecule has 0 N–H and O–H groups in total. The Bertz CT molecular complexity index is 136. The van der Waals surface area contributed by atoms with Crippen molar-refractivity contribution in [2.45, 2.75) is 40.5 Å². The quantitative estimate of drug-likeness (QED) is 0.615. The fourth-order valence-electron chi connectivity index (χ4n) is 1.57. The van der Waals surface area contributed by atoms with E-state index in [4.69, 9.17) is 0 Å². The van der Waals surface area contributed by atoms with Crippen LogP contribution in [-0.4, -0.2) is 5.97 Å². The molecule has 0 aromatic heterocycles. The molecule has 0 radical (unpaired) electrons. The van der Waals surface area contributed by atoms with Crippen LogP contribution in [-0.2, 0) is 4.79 Å². The summed E-state index contributed by atoms with van der Waals surface area (Å²) >= 11 is 0. The standard InChI is InChI=1S/C9H18O2/c1-7(2)5-9(3,4)6-8(10)11/h7H,5-6H2,1-4H3,(H,10,11)/p-1. The van der Waals surface area contributed by atoms with Gasteiger partial charge in [-0.25, -0.2) is 0 Å². The van der Waals surface area contributed by atoms with Gasteiger partial charge >= 0.3 is 0 Å². The monoisotopic (exact) mass is 157 g/mol. The number of carbonyl (C=O) groups excluding carboxylic acids is 1. The highest BCUT2D eigenvalue weighted by atomic mass is 16.4. The lowest BCUT2D eigenvalue weighted by molar-refractivity contribution is -0.308. The first-order valence-corrected chi connectivity index (χ1v) is 4.03. The van der Waals surface area contributed by atoms with E-state index >= 15 is 0 Å². The Hall–Kier alpha value is -0.530. The molecule has 2 heteroatoms. The van der Waals surface area contributed by atoms with Crippen molar-refractivity contribution in [2.75, 3.05) is 0 Å². The van der Waals surface area contributed by atoms with Crippen molar-refractivity contribution in [3.05, 3.63) is 0 Å². The average Bonchev–Trinajstić information content (AvgIpc) is 1.53. The topological polar surface area (TPSA) is 40.1 Å². The van der Waals surface area contributed by atoms with Gasteiger partial charge in [0.2, 0.25) is 0 Å². The predicted octanol–water partition coefficient (Wildman–Crippen LogP) is 1.20. The maximum absolute atomic E-state index is 10.3. The van der Waals surface area contributed by atoms with E-state index in [9.17, 15) is 9.90 Å². The molecule has 0 spiro atoms. The van der Waals surface area contributed by atoms with Crippen LogP contribution in [0.5, 0.6) is 0 Å². The highest BCUT2D eigenvalue weighted by molar-refractivity contribution is 5.65. The van der Waals surface area contributed by atoms with Crippen LogP contribution in [0.2, 0.25) is 0 Å². The Morgan fingerprint density at radius 2 is 1.91 bits per heavy atom. The Morgan fingerprint density at radius 3 is 2.18 bits per heavy atom. The van der Waals surface area contributed by atoms with Crippen LogP contribution in [0.4, 0.5) is 0 Å². The zero-order valence-corrected chi connectivity index (χ0v) is 7.81. The van der Waals surface area contributed by atoms with E-state index in [0.29, 0.717) is 5.92 Å². The number of hydrogen-bond acceptors (Lipinski definition) is 2. The Balaban J connectivity index is 3.89. The van der Waals surface area contributed by atoms with Crippen molar-refractivity contribution in [1.82, 2.24) is 0 Å². The molecule has 0 aliphatic heterocycles. The van der Waals surface area contributed by atoms with Gasteiger partial charge in [0.15, 0.2) is 0 Å². The van der Waals surface area contributed by atoms with Gasteiger partial charge in [-0.05, 0) is 24.2 Å². The third-order valence-corrected chi connectivity index (χ3v) is 1.58. The smallest absolute Gasteiger partial charge is 0.0419 e. The molecule has 0 fully saturated rings. The minimum atomic E-state index is -0.948. The Labute approximate surface area is 68.6 Å². The van der Waals surface area contributed by atoms with E-state index in [-0.39, 0.29) is 11.8 Å². The maximum Gasteiger partial charge on any atom is 0.0419 e. The number of hydrogen-bond donors (Lipinski definition) is 0. The molecular formula is C9H17O2-. The van der Waals surface area contributed by atoms with Gasteiger partial charge in [-0.2, -0.15) is 0 Å². The van der Waals surface area contributed by atoms with Gasteiger partial charge in [0, 0.05) is 5.97 Å². The second-order valence-corrected chi connectivity index (χ2v) is 4.31. The summed E-state index contributed by atoms with van der Waals surface area (Å²) in [4.78, 5) is 10.3. The molecule has 0 saturated heterocycles. The van der Waals surface area contributed by atoms with Crippen molar-refractivity contribution < 1.29 is 9.90 Å². The lowest BCUT2D eigenvalue weighted by Crippen LogP contribution is -2.29. The SMILES string of the molecule is CC(C)CC(C)(C)CC(=O)[O-]. The van der Waals surface area contributed by atoms with Gasteiger partial charge in [0.25, 0.3) is 0 Å². The van der Waals surface area contributed by atoms with Gasteiger partial charge in [-0.15, -0.1) is 0 Å². The summed E-state index contributed by atoms with van der Waals surface area (Å²) in [5.41, 5.74) is -0.118. The van der Waals surface area contributed by atoms with Crippen molar-refractivity contribution >= 4 is 5.97 Å². The highest BCUT2D eigenvalue weighted by Crippen LogP contribution is 2.28. The summed E-state index contributed by atoms with van der Waals surface area (Å²) in [5, 5.41) is 10.3. The summed E-state index contributed by atoms with van der Waals surface area (Å²) in [6.45, 7) is 8.11. The second kappa shape index (κ2) is 3.74. The molecular weight excluding hydrogens is 140 g/mol. The zero-order valence-electron chi connectivity index (χ0n) is 7.81. The fraction of sp³-hybridized carbons (Fsp3) is 0.889. The molecule has 0 rings (SSSR count). The molecule has 0 aromatic carbocycles. The van der Waals surface area contributed by atoms with Gasteiger partial charge in [-0.3, -0.25) is 0 Å². The largest absolute Gasteiger partial charge is 0.550 e. The van der Waals surface area contributed by atoms with Crippen LogP contribution in [0.15, 0.2) is 0 Å². The minimum Gasteiger partial charge on any atom is -0.550 e. The van der Waals surface area contributed by atoms with Crippen LogP contribution < -0.4 is 5.11 Å². The number of carbonyl (C=O) groups is 1. The highest BCUT2D eigenvalue weighted by Gasteiger charge is 2.19. The van der Waals surface area contributed by atoms with Gasteiger partial charge in [0.05, 0.1) is 0 Å². The number of rotatable bonds is 4. The third kappa shape index (κ3) is 5.89. The lowest BCUT2D eigenvalue weighted by atomic mass is 9.81. The molecule has 0 aromatic rings. The molecule has 0 saturated carbocycles. The average molecular weight is 157 g/mol. The van der Waals surface area contributed by atoms with Crippen molar-refractivity contribution in [1.29, 1.82) is 0 Å². The van der Waals surface area contributed by atoms with Crippen LogP contribution in [0, 0.1) is 11.3 Å². The van der Waals surface area contributed by atoms with E-state index in [1.54, 1.807) is 0 Å². The fourth-order valence-corrected chi connectivity index (χ4v) is 1.57. The summed E-state index contributed by atoms with van der Waals surface area (Å²) in [6.07, 6.45) is 1.09. The normalized spacial score (nSPS) is 12.1. The van der Waals surface area contributed by atoms with Crippen LogP contribution in [0.3, 0.4) is 0 Å². The lowest BCUT2D eigenvalue weighted by Gasteiger charge is -2.26. The summed E-state index contributed by atoms with van der Waals surface area (Å²) < 4.78 is 0. The van der Waals surface area contributed by atoms with Gasteiger partial charge in [-0.1, -0.05) is 27.7 Å². The minimum absolute atomic E-state index is 0.118. The summed E-state index contributed by atoms with van der Waals surface area (Å²) in [7, 11) is 0. The molecule has 0 atom stereocenters. The molecule has 11 heavy (non-hydrogen) atoms. The zero-order chi connectivity index (χ0) is 9.07. The summed E-state index contributed by atoms with van der Waals surface area (Å²) in [6, 6.07) is 0. The first-order chi connectivity index (χ1) is 4.83. The third-order valence-electron chi connectivity index (χ3n) is 1.58. The van der Waals surface area contributed by atoms with Gasteiger partial charge in [0.1, 0.15) is 0 Å². The van der Waals surface area contributed by atoms with Crippen molar-refractivity contribution in [2.24, 2.45) is 11.3 Å². The maximum atomic E-state index is 10.3. The molecule has 0 bridgehead atoms. The van der Waals surface area contributed by atoms with Crippen LogP contribution >= 0.6 is 0 Å². The number of carboxylic acid groups (broad SMARTS) is 1. The predicted molar refractivity (Wildman–Crippen MR) is 42.9 cm³/mol. The Morgan fingerprint density at radius 1 is 1.45 bits per heavy atom. The summed E-state index contributed by atoms with van der Waals surface area (Å²) in [5.74, 6) is -0.403. The van der Waals surface area contributed by atoms with E-state index in [0.717, 1.165) is 6.42 Å². The second-order valence-electron chi connectivity index (χ2n) is 4.31. The van der Waals surface area contributed by atoms with Crippen LogP contribution in [0.1, 0.15) is 40.5 Å². The van der Waals surface area contributed by atoms with Gasteiger partial charge < -0.3 is 9.90 Å². The van der Waals surface area contributed by atoms with Crippen molar-refractivity contribution in [3.63, 3.8) is 0 Å². The van der Waals surface area contributed by atoms with Crippen molar-refractivity contribution in [3.8, 4) is 0 Å². The van der Waals surface area contributed by atoms with E-state index in [1.807, 2.05) is 13.8 Å². The molecule has 0 unspecified atom stereocenters. The number of carboxylic acids is 1. The first-order valence-electron chi connectivity index (χ1n) is 4.03. The molecule has 0 amide bonds. The molecule has 0 aliphatic carbocycles. The molecule has 2 nitrogen and oxygen atoms in total. The molecule has 66 valence electrons. The number of aliphatic carboxylic acids is 1. The Kier molecular flexibility index (Phi) is 3.56. The molecule has 0 aliphatic rings. The molecule has 0 heterocycles. The van der Waals surface area contributed by atoms with E-state index < -0.39 is 5.97 Å². The first kappa shape index (κ1) is 10.5. The van der Waals surface area contributed by atoms with Crippen LogP contribution in [0.25, 0.3) is 0 Å².